The van der Waals surface area contributed by atoms with E-state index in [1.165, 1.54) is 6.42 Å². The van der Waals surface area contributed by atoms with Crippen molar-refractivity contribution in [2.75, 3.05) is 5.73 Å². The molecule has 1 heterocycles. The van der Waals surface area contributed by atoms with Crippen LogP contribution in [0.3, 0.4) is 0 Å². The van der Waals surface area contributed by atoms with E-state index < -0.39 is 0 Å². The zero-order valence-electron chi connectivity index (χ0n) is 10.4. The van der Waals surface area contributed by atoms with Crippen molar-refractivity contribution in [2.45, 2.75) is 31.7 Å². The van der Waals surface area contributed by atoms with Crippen LogP contribution in [0.25, 0.3) is 0 Å². The molecule has 18 heavy (non-hydrogen) atoms. The number of nitrogens with two attached hydrogens (primary N) is 2. The Morgan fingerprint density at radius 2 is 2.17 bits per heavy atom. The molecule has 4 atom stereocenters. The summed E-state index contributed by atoms with van der Waals surface area (Å²) in [4.78, 5) is 16.4. The van der Waals surface area contributed by atoms with Crippen molar-refractivity contribution in [3.8, 4) is 0 Å². The van der Waals surface area contributed by atoms with Crippen molar-refractivity contribution >= 4 is 11.6 Å². The Labute approximate surface area is 107 Å². The lowest BCUT2D eigenvalue weighted by Gasteiger charge is -2.26. The quantitative estimate of drug-likeness (QED) is 0.837. The molecule has 0 amide bonds. The standard InChI is InChI=1S/C14H19N3O/c15-13-9-4-3-8(6-9)12(13)11(18)7-10-2-1-5-17-14(10)16/h1-2,5,8-9,12-13H,3-4,6-7,15H2,(H2,16,17). The largest absolute Gasteiger partial charge is 0.383 e. The molecule has 4 nitrogen and oxygen atoms in total. The van der Waals surface area contributed by atoms with Crippen molar-refractivity contribution in [3.63, 3.8) is 0 Å². The van der Waals surface area contributed by atoms with Crippen LogP contribution < -0.4 is 11.5 Å². The Morgan fingerprint density at radius 3 is 2.83 bits per heavy atom. The maximum absolute atomic E-state index is 12.4. The van der Waals surface area contributed by atoms with E-state index in [0.29, 0.717) is 24.1 Å². The first-order valence-electron chi connectivity index (χ1n) is 6.64. The lowest BCUT2D eigenvalue weighted by atomic mass is 9.80. The Balaban J connectivity index is 1.74. The number of anilines is 1. The Morgan fingerprint density at radius 1 is 1.39 bits per heavy atom. The van der Waals surface area contributed by atoms with E-state index in [1.54, 1.807) is 6.20 Å². The molecule has 0 aliphatic heterocycles. The van der Waals surface area contributed by atoms with Crippen LogP contribution in [0.5, 0.6) is 0 Å². The number of nitrogen functional groups attached to an aromatic ring is 1. The molecule has 96 valence electrons. The predicted octanol–water partition coefficient (Wildman–Crippen LogP) is 1.15. The van der Waals surface area contributed by atoms with Crippen LogP contribution in [-0.2, 0) is 11.2 Å². The minimum absolute atomic E-state index is 0.0448. The van der Waals surface area contributed by atoms with Gasteiger partial charge in [-0.05, 0) is 37.2 Å². The average Bonchev–Trinajstić information content (AvgIpc) is 2.92. The summed E-state index contributed by atoms with van der Waals surface area (Å²) in [5.41, 5.74) is 12.8. The molecule has 4 unspecified atom stereocenters. The summed E-state index contributed by atoms with van der Waals surface area (Å²) in [6.07, 6.45) is 5.52. The zero-order chi connectivity index (χ0) is 12.7. The topological polar surface area (TPSA) is 82.0 Å². The third-order valence-electron chi connectivity index (χ3n) is 4.64. The Hall–Kier alpha value is -1.42. The van der Waals surface area contributed by atoms with E-state index >= 15 is 0 Å². The van der Waals surface area contributed by atoms with Crippen LogP contribution in [0.15, 0.2) is 18.3 Å². The molecule has 4 heteroatoms. The molecule has 3 rings (SSSR count). The number of hydrogen-bond acceptors (Lipinski definition) is 4. The second-order valence-electron chi connectivity index (χ2n) is 5.63. The number of rotatable bonds is 3. The number of Topliss-reactive ketones (excluding diaryl/α,β-unsaturated/α-hetero) is 1. The predicted molar refractivity (Wildman–Crippen MR) is 69.7 cm³/mol. The molecule has 0 radical (unpaired) electrons. The van der Waals surface area contributed by atoms with Crippen LogP contribution in [-0.4, -0.2) is 16.8 Å². The number of carbonyl (C=O) groups is 1. The normalized spacial score (nSPS) is 33.8. The van der Waals surface area contributed by atoms with Crippen molar-refractivity contribution in [1.29, 1.82) is 0 Å². The van der Waals surface area contributed by atoms with E-state index in [2.05, 4.69) is 4.98 Å². The van der Waals surface area contributed by atoms with E-state index in [-0.39, 0.29) is 17.7 Å². The van der Waals surface area contributed by atoms with Crippen LogP contribution in [0.2, 0.25) is 0 Å². The van der Waals surface area contributed by atoms with Gasteiger partial charge in [0.15, 0.2) is 0 Å². The van der Waals surface area contributed by atoms with Gasteiger partial charge in [0.1, 0.15) is 11.6 Å². The number of nitrogens with zero attached hydrogens (tertiary/aromatic N) is 1. The van der Waals surface area contributed by atoms with Gasteiger partial charge in [-0.15, -0.1) is 0 Å². The zero-order valence-corrected chi connectivity index (χ0v) is 10.4. The number of ketones is 1. The van der Waals surface area contributed by atoms with Crippen LogP contribution in [0, 0.1) is 17.8 Å². The van der Waals surface area contributed by atoms with Crippen molar-refractivity contribution < 1.29 is 4.79 Å². The van der Waals surface area contributed by atoms with Crippen LogP contribution >= 0.6 is 0 Å². The molecular weight excluding hydrogens is 226 g/mol. The molecule has 1 aromatic heterocycles. The first-order chi connectivity index (χ1) is 8.66. The van der Waals surface area contributed by atoms with Gasteiger partial charge in [0, 0.05) is 30.1 Å². The van der Waals surface area contributed by atoms with Crippen LogP contribution in [0.1, 0.15) is 24.8 Å². The van der Waals surface area contributed by atoms with Gasteiger partial charge < -0.3 is 11.5 Å². The van der Waals surface area contributed by atoms with Gasteiger partial charge in [0.25, 0.3) is 0 Å². The second kappa shape index (κ2) is 4.35. The highest BCUT2D eigenvalue weighted by molar-refractivity contribution is 5.85. The number of pyridine rings is 1. The maximum atomic E-state index is 12.4. The van der Waals surface area contributed by atoms with E-state index in [1.807, 2.05) is 12.1 Å². The summed E-state index contributed by atoms with van der Waals surface area (Å²) < 4.78 is 0. The summed E-state index contributed by atoms with van der Waals surface area (Å²) in [7, 11) is 0. The smallest absolute Gasteiger partial charge is 0.142 e. The summed E-state index contributed by atoms with van der Waals surface area (Å²) >= 11 is 0. The fourth-order valence-corrected chi connectivity index (χ4v) is 3.72. The van der Waals surface area contributed by atoms with Crippen molar-refractivity contribution in [2.24, 2.45) is 23.5 Å². The SMILES string of the molecule is Nc1ncccc1CC(=O)C1C2CCC(C2)C1N. The molecule has 4 N–H and O–H groups in total. The number of hydrogen-bond donors (Lipinski definition) is 2. The Kier molecular flexibility index (Phi) is 2.82. The number of aromatic nitrogens is 1. The maximum Gasteiger partial charge on any atom is 0.142 e. The third kappa shape index (κ3) is 1.81. The van der Waals surface area contributed by atoms with Crippen molar-refractivity contribution in [1.82, 2.24) is 4.98 Å². The summed E-state index contributed by atoms with van der Waals surface area (Å²) in [6, 6.07) is 3.76. The highest BCUT2D eigenvalue weighted by Crippen LogP contribution is 2.48. The first kappa shape index (κ1) is 11.7. The molecule has 2 fully saturated rings. The van der Waals surface area contributed by atoms with Crippen molar-refractivity contribution in [3.05, 3.63) is 23.9 Å². The fraction of sp³-hybridized carbons (Fsp3) is 0.571. The monoisotopic (exact) mass is 245 g/mol. The first-order valence-corrected chi connectivity index (χ1v) is 6.64. The van der Waals surface area contributed by atoms with Gasteiger partial charge in [-0.3, -0.25) is 4.79 Å². The Bertz CT molecular complexity index is 472. The minimum atomic E-state index is 0.0448. The molecule has 2 saturated carbocycles. The molecule has 2 bridgehead atoms. The second-order valence-corrected chi connectivity index (χ2v) is 5.63. The average molecular weight is 245 g/mol. The molecule has 0 saturated heterocycles. The van der Waals surface area contributed by atoms with E-state index in [9.17, 15) is 4.79 Å². The lowest BCUT2D eigenvalue weighted by Crippen LogP contribution is -2.40. The van der Waals surface area contributed by atoms with Crippen LogP contribution in [0.4, 0.5) is 5.82 Å². The van der Waals surface area contributed by atoms with Gasteiger partial charge in [0.05, 0.1) is 0 Å². The number of carbonyl (C=O) groups excluding carboxylic acids is 1. The highest BCUT2D eigenvalue weighted by Gasteiger charge is 2.48. The molecule has 0 spiro atoms. The highest BCUT2D eigenvalue weighted by atomic mass is 16.1. The van der Waals surface area contributed by atoms with Gasteiger partial charge in [0.2, 0.25) is 0 Å². The van der Waals surface area contributed by atoms with Gasteiger partial charge >= 0.3 is 0 Å². The molecule has 2 aliphatic carbocycles. The number of fused-ring (bicyclic) bond motifs is 2. The summed E-state index contributed by atoms with van der Waals surface area (Å²) in [5, 5.41) is 0. The molecular formula is C14H19N3O. The van der Waals surface area contributed by atoms with E-state index in [0.717, 1.165) is 18.4 Å². The van der Waals surface area contributed by atoms with Gasteiger partial charge in [-0.25, -0.2) is 4.98 Å². The lowest BCUT2D eigenvalue weighted by molar-refractivity contribution is -0.124. The summed E-state index contributed by atoms with van der Waals surface area (Å²) in [6.45, 7) is 0. The molecule has 2 aliphatic rings. The van der Waals surface area contributed by atoms with E-state index in [4.69, 9.17) is 11.5 Å². The fourth-order valence-electron chi connectivity index (χ4n) is 3.72. The molecule has 0 aromatic carbocycles. The molecule has 1 aromatic rings. The minimum Gasteiger partial charge on any atom is -0.383 e. The summed E-state index contributed by atoms with van der Waals surface area (Å²) in [5.74, 6) is 1.82. The third-order valence-corrected chi connectivity index (χ3v) is 4.64. The van der Waals surface area contributed by atoms with Gasteiger partial charge in [-0.1, -0.05) is 6.07 Å². The van der Waals surface area contributed by atoms with Gasteiger partial charge in [-0.2, -0.15) is 0 Å².